The van der Waals surface area contributed by atoms with Crippen molar-refractivity contribution in [2.24, 2.45) is 17.8 Å². The number of rotatable bonds is 2. The Morgan fingerprint density at radius 3 is 2.36 bits per heavy atom. The number of nitrogens with zero attached hydrogens (tertiary/aromatic N) is 1. The molecule has 4 heteroatoms. The molecule has 0 radical (unpaired) electrons. The number of para-hydroxylation sites is 2. The van der Waals surface area contributed by atoms with Crippen molar-refractivity contribution in [3.8, 4) is 0 Å². The molecular formula is C18H21N3O. The van der Waals surface area contributed by atoms with Crippen LogP contribution in [0.15, 0.2) is 24.3 Å². The first-order valence-electron chi connectivity index (χ1n) is 8.46. The number of aromatic nitrogens is 2. The average Bonchev–Trinajstić information content (AvgIpc) is 2.89. The van der Waals surface area contributed by atoms with Crippen LogP contribution >= 0.6 is 0 Å². The molecule has 1 aromatic heterocycles. The van der Waals surface area contributed by atoms with Gasteiger partial charge in [0.2, 0.25) is 0 Å². The molecule has 114 valence electrons. The van der Waals surface area contributed by atoms with E-state index in [9.17, 15) is 4.79 Å². The molecule has 0 spiro atoms. The lowest BCUT2D eigenvalue weighted by molar-refractivity contribution is -0.0168. The largest absolute Gasteiger partial charge is 0.344 e. The highest BCUT2D eigenvalue weighted by Crippen LogP contribution is 2.55. The van der Waals surface area contributed by atoms with Crippen LogP contribution in [-0.4, -0.2) is 21.4 Å². The van der Waals surface area contributed by atoms with E-state index in [1.165, 1.54) is 38.5 Å². The summed E-state index contributed by atoms with van der Waals surface area (Å²) in [7, 11) is 0. The van der Waals surface area contributed by atoms with Crippen molar-refractivity contribution < 1.29 is 4.79 Å². The highest BCUT2D eigenvalue weighted by atomic mass is 16.2. The molecule has 2 N–H and O–H groups in total. The van der Waals surface area contributed by atoms with Gasteiger partial charge >= 0.3 is 0 Å². The number of carbonyl (C=O) groups is 1. The van der Waals surface area contributed by atoms with Crippen LogP contribution in [-0.2, 0) is 0 Å². The molecule has 0 aliphatic heterocycles. The molecule has 1 heterocycles. The molecule has 22 heavy (non-hydrogen) atoms. The van der Waals surface area contributed by atoms with Crippen LogP contribution in [0.1, 0.15) is 49.1 Å². The fourth-order valence-electron chi connectivity index (χ4n) is 5.62. The van der Waals surface area contributed by atoms with E-state index in [1.54, 1.807) is 0 Å². The third-order valence-electron chi connectivity index (χ3n) is 6.02. The molecule has 4 saturated carbocycles. The van der Waals surface area contributed by atoms with E-state index in [-0.39, 0.29) is 11.4 Å². The normalized spacial score (nSPS) is 35.9. The summed E-state index contributed by atoms with van der Waals surface area (Å²) in [6, 6.07) is 7.81. The fourth-order valence-corrected chi connectivity index (χ4v) is 5.62. The minimum atomic E-state index is -0.0295. The smallest absolute Gasteiger partial charge is 0.287 e. The maximum Gasteiger partial charge on any atom is 0.287 e. The molecule has 0 atom stereocenters. The van der Waals surface area contributed by atoms with E-state index in [2.05, 4.69) is 15.3 Å². The number of H-pyrrole nitrogens is 1. The van der Waals surface area contributed by atoms with Gasteiger partial charge in [0.1, 0.15) is 0 Å². The topological polar surface area (TPSA) is 57.8 Å². The standard InChI is InChI=1S/C18H21N3O/c22-17(16-19-14-3-1-2-4-15(14)20-16)21-18-8-11-5-12(9-18)7-13(6-11)10-18/h1-4,11-13H,5-10H2,(H,19,20)(H,21,22). The minimum absolute atomic E-state index is 0.0295. The van der Waals surface area contributed by atoms with Crippen LogP contribution in [0, 0.1) is 17.8 Å². The summed E-state index contributed by atoms with van der Waals surface area (Å²) in [5.74, 6) is 2.93. The van der Waals surface area contributed by atoms with Gasteiger partial charge in [0, 0.05) is 5.54 Å². The van der Waals surface area contributed by atoms with Gasteiger partial charge in [0.05, 0.1) is 11.0 Å². The Balaban J connectivity index is 1.42. The highest BCUT2D eigenvalue weighted by Gasteiger charge is 2.51. The lowest BCUT2D eigenvalue weighted by atomic mass is 9.53. The minimum Gasteiger partial charge on any atom is -0.344 e. The van der Waals surface area contributed by atoms with Gasteiger partial charge in [-0.05, 0) is 68.4 Å². The average molecular weight is 295 g/mol. The van der Waals surface area contributed by atoms with Crippen LogP contribution < -0.4 is 5.32 Å². The van der Waals surface area contributed by atoms with Gasteiger partial charge in [-0.15, -0.1) is 0 Å². The van der Waals surface area contributed by atoms with Crippen LogP contribution in [0.3, 0.4) is 0 Å². The summed E-state index contributed by atoms with van der Waals surface area (Å²) in [4.78, 5) is 20.3. The lowest BCUT2D eigenvalue weighted by Gasteiger charge is -2.56. The summed E-state index contributed by atoms with van der Waals surface area (Å²) < 4.78 is 0. The van der Waals surface area contributed by atoms with Crippen LogP contribution in [0.4, 0.5) is 0 Å². The Morgan fingerprint density at radius 2 is 1.73 bits per heavy atom. The van der Waals surface area contributed by atoms with Gasteiger partial charge in [0.25, 0.3) is 5.91 Å². The Bertz CT molecular complexity index is 679. The maximum atomic E-state index is 12.7. The Morgan fingerprint density at radius 1 is 1.09 bits per heavy atom. The van der Waals surface area contributed by atoms with E-state index < -0.39 is 0 Å². The Labute approximate surface area is 129 Å². The van der Waals surface area contributed by atoms with Crippen LogP contribution in [0.5, 0.6) is 0 Å². The Kier molecular flexibility index (Phi) is 2.50. The molecule has 4 bridgehead atoms. The maximum absolute atomic E-state index is 12.7. The number of nitrogens with one attached hydrogen (secondary N) is 2. The van der Waals surface area contributed by atoms with Gasteiger partial charge in [-0.2, -0.15) is 0 Å². The van der Waals surface area contributed by atoms with Crippen molar-refractivity contribution in [3.63, 3.8) is 0 Å². The second kappa shape index (κ2) is 4.34. The molecule has 0 saturated heterocycles. The molecule has 4 aliphatic rings. The zero-order chi connectivity index (χ0) is 14.7. The van der Waals surface area contributed by atoms with Crippen molar-refractivity contribution >= 4 is 16.9 Å². The van der Waals surface area contributed by atoms with Crippen LogP contribution in [0.25, 0.3) is 11.0 Å². The SMILES string of the molecule is O=C(NC12CC3CC(CC(C3)C1)C2)c1nc2ccccc2[nH]1. The number of hydrogen-bond donors (Lipinski definition) is 2. The molecule has 4 aliphatic carbocycles. The van der Waals surface area contributed by atoms with Gasteiger partial charge in [0.15, 0.2) is 5.82 Å². The van der Waals surface area contributed by atoms with E-state index in [0.29, 0.717) is 5.82 Å². The second-order valence-corrected chi connectivity index (χ2v) is 7.75. The summed E-state index contributed by atoms with van der Waals surface area (Å²) in [5.41, 5.74) is 1.83. The van der Waals surface area contributed by atoms with Crippen molar-refractivity contribution in [3.05, 3.63) is 30.1 Å². The first-order valence-corrected chi connectivity index (χ1v) is 8.46. The van der Waals surface area contributed by atoms with E-state index >= 15 is 0 Å². The van der Waals surface area contributed by atoms with E-state index in [0.717, 1.165) is 28.8 Å². The molecule has 1 aromatic carbocycles. The van der Waals surface area contributed by atoms with E-state index in [4.69, 9.17) is 0 Å². The quantitative estimate of drug-likeness (QED) is 0.893. The predicted octanol–water partition coefficient (Wildman–Crippen LogP) is 3.26. The number of carbonyl (C=O) groups excluding carboxylic acids is 1. The van der Waals surface area contributed by atoms with Gasteiger partial charge in [-0.25, -0.2) is 4.98 Å². The summed E-state index contributed by atoms with van der Waals surface area (Å²) in [6.07, 6.45) is 7.68. The number of amides is 1. The lowest BCUT2D eigenvalue weighted by Crippen LogP contribution is -2.59. The van der Waals surface area contributed by atoms with Crippen molar-refractivity contribution in [1.29, 1.82) is 0 Å². The van der Waals surface area contributed by atoms with Gasteiger partial charge < -0.3 is 10.3 Å². The summed E-state index contributed by atoms with van der Waals surface area (Å²) >= 11 is 0. The third-order valence-corrected chi connectivity index (χ3v) is 6.02. The number of hydrogen-bond acceptors (Lipinski definition) is 2. The summed E-state index contributed by atoms with van der Waals surface area (Å²) in [5, 5.41) is 3.37. The molecule has 4 nitrogen and oxygen atoms in total. The Hall–Kier alpha value is -1.84. The van der Waals surface area contributed by atoms with E-state index in [1.807, 2.05) is 24.3 Å². The zero-order valence-electron chi connectivity index (χ0n) is 12.6. The monoisotopic (exact) mass is 295 g/mol. The molecule has 1 amide bonds. The first-order chi connectivity index (χ1) is 10.7. The number of imidazole rings is 1. The number of fused-ring (bicyclic) bond motifs is 1. The fraction of sp³-hybridized carbons (Fsp3) is 0.556. The second-order valence-electron chi connectivity index (χ2n) is 7.75. The number of benzene rings is 1. The van der Waals surface area contributed by atoms with Crippen molar-refractivity contribution in [1.82, 2.24) is 15.3 Å². The number of aromatic amines is 1. The first kappa shape index (κ1) is 12.7. The van der Waals surface area contributed by atoms with Gasteiger partial charge in [-0.1, -0.05) is 12.1 Å². The van der Waals surface area contributed by atoms with Crippen LogP contribution in [0.2, 0.25) is 0 Å². The third kappa shape index (κ3) is 1.89. The molecule has 2 aromatic rings. The molecule has 4 fully saturated rings. The predicted molar refractivity (Wildman–Crippen MR) is 84.5 cm³/mol. The molecule has 6 rings (SSSR count). The molecular weight excluding hydrogens is 274 g/mol. The van der Waals surface area contributed by atoms with Crippen molar-refractivity contribution in [2.75, 3.05) is 0 Å². The summed E-state index contributed by atoms with van der Waals surface area (Å²) in [6.45, 7) is 0. The zero-order valence-corrected chi connectivity index (χ0v) is 12.6. The van der Waals surface area contributed by atoms with Gasteiger partial charge in [-0.3, -0.25) is 4.79 Å². The highest BCUT2D eigenvalue weighted by molar-refractivity contribution is 5.94. The van der Waals surface area contributed by atoms with Crippen molar-refractivity contribution in [2.45, 2.75) is 44.1 Å². The molecule has 0 unspecified atom stereocenters.